The second-order valence-electron chi connectivity index (χ2n) is 12.7. The summed E-state index contributed by atoms with van der Waals surface area (Å²) in [7, 11) is 0. The molecule has 1 heterocycles. The van der Waals surface area contributed by atoms with Crippen molar-refractivity contribution in [1.29, 1.82) is 0 Å². The Morgan fingerprint density at radius 3 is 1.97 bits per heavy atom. The van der Waals surface area contributed by atoms with Gasteiger partial charge in [0.2, 0.25) is 0 Å². The zero-order chi connectivity index (χ0) is 24.0. The van der Waals surface area contributed by atoms with Gasteiger partial charge in [-0.15, -0.1) is 0 Å². The highest BCUT2D eigenvalue weighted by atomic mass is 19.1. The molecule has 2 bridgehead atoms. The third kappa shape index (κ3) is 3.97. The van der Waals surface area contributed by atoms with E-state index in [-0.39, 0.29) is 5.92 Å². The van der Waals surface area contributed by atoms with Crippen molar-refractivity contribution in [3.63, 3.8) is 0 Å². The molecule has 0 radical (unpaired) electrons. The Kier molecular flexibility index (Phi) is 6.66. The SMILES string of the molecule is CCCCCCC1(C)OC12C(F)CC(c1ccc(C34CCC(CCC)(CC3)CC4)cc1)CC2F. The third-order valence-electron chi connectivity index (χ3n) is 10.8. The number of fused-ring (bicyclic) bond motifs is 3. The number of halogens is 2. The van der Waals surface area contributed by atoms with Gasteiger partial charge in [0.05, 0.1) is 0 Å². The minimum Gasteiger partial charge on any atom is -0.356 e. The Balaban J connectivity index is 1.22. The zero-order valence-corrected chi connectivity index (χ0v) is 21.8. The highest BCUT2D eigenvalue weighted by molar-refractivity contribution is 5.35. The smallest absolute Gasteiger partial charge is 0.159 e. The molecule has 1 spiro atoms. The van der Waals surface area contributed by atoms with E-state index in [0.717, 1.165) is 24.8 Å². The fraction of sp³-hybridized carbons (Fsp3) is 0.806. The Morgan fingerprint density at radius 2 is 1.41 bits per heavy atom. The molecule has 190 valence electrons. The van der Waals surface area contributed by atoms with Gasteiger partial charge in [-0.2, -0.15) is 0 Å². The average Bonchev–Trinajstić information content (AvgIpc) is 3.48. The number of hydrogen-bond donors (Lipinski definition) is 0. The molecular formula is C31H46F2O. The summed E-state index contributed by atoms with van der Waals surface area (Å²) in [4.78, 5) is 0. The second-order valence-corrected chi connectivity index (χ2v) is 12.7. The number of epoxide rings is 1. The predicted molar refractivity (Wildman–Crippen MR) is 136 cm³/mol. The van der Waals surface area contributed by atoms with E-state index >= 15 is 8.78 Å². The number of benzene rings is 1. The van der Waals surface area contributed by atoms with Gasteiger partial charge in [-0.25, -0.2) is 8.78 Å². The normalized spacial score (nSPS) is 43.4. The molecule has 1 aromatic rings. The van der Waals surface area contributed by atoms with Crippen LogP contribution in [0.1, 0.15) is 134 Å². The number of rotatable bonds is 9. The molecule has 3 atom stereocenters. The predicted octanol–water partition coefficient (Wildman–Crippen LogP) is 9.13. The van der Waals surface area contributed by atoms with Gasteiger partial charge >= 0.3 is 0 Å². The number of hydrogen-bond acceptors (Lipinski definition) is 1. The second kappa shape index (κ2) is 9.16. The van der Waals surface area contributed by atoms with E-state index in [0.29, 0.717) is 23.7 Å². The van der Waals surface area contributed by atoms with Gasteiger partial charge in [-0.1, -0.05) is 70.2 Å². The largest absolute Gasteiger partial charge is 0.356 e. The van der Waals surface area contributed by atoms with Gasteiger partial charge in [-0.3, -0.25) is 0 Å². The van der Waals surface area contributed by atoms with Crippen molar-refractivity contribution in [2.75, 3.05) is 0 Å². The molecule has 0 amide bonds. The van der Waals surface area contributed by atoms with Crippen molar-refractivity contribution in [1.82, 2.24) is 0 Å². The van der Waals surface area contributed by atoms with Crippen LogP contribution in [0.4, 0.5) is 8.78 Å². The first-order chi connectivity index (χ1) is 16.3. The van der Waals surface area contributed by atoms with Crippen molar-refractivity contribution >= 4 is 0 Å². The van der Waals surface area contributed by atoms with E-state index in [1.807, 2.05) is 6.92 Å². The molecule has 1 aromatic carbocycles. The molecule has 6 rings (SSSR count). The summed E-state index contributed by atoms with van der Waals surface area (Å²) in [6, 6.07) is 8.96. The molecule has 0 N–H and O–H groups in total. The van der Waals surface area contributed by atoms with Crippen LogP contribution < -0.4 is 0 Å². The molecule has 0 aromatic heterocycles. The Labute approximate surface area is 206 Å². The summed E-state index contributed by atoms with van der Waals surface area (Å²) in [6.07, 6.45) is 14.3. The van der Waals surface area contributed by atoms with Crippen LogP contribution >= 0.6 is 0 Å². The Morgan fingerprint density at radius 1 is 0.794 bits per heavy atom. The maximum absolute atomic E-state index is 15.5. The Hall–Kier alpha value is -0.960. The van der Waals surface area contributed by atoms with Crippen LogP contribution in [0.5, 0.6) is 0 Å². The molecular weight excluding hydrogens is 426 g/mol. The molecule has 5 aliphatic rings. The summed E-state index contributed by atoms with van der Waals surface area (Å²) in [5, 5.41) is 0. The third-order valence-corrected chi connectivity index (χ3v) is 10.8. The highest BCUT2D eigenvalue weighted by Crippen LogP contribution is 2.63. The average molecular weight is 473 g/mol. The molecule has 1 aliphatic heterocycles. The lowest BCUT2D eigenvalue weighted by molar-refractivity contribution is 0.0294. The van der Waals surface area contributed by atoms with Crippen LogP contribution in [-0.2, 0) is 10.2 Å². The number of ether oxygens (including phenoxy) is 1. The molecule has 34 heavy (non-hydrogen) atoms. The maximum Gasteiger partial charge on any atom is 0.159 e. The fourth-order valence-corrected chi connectivity index (χ4v) is 8.40. The molecule has 5 fully saturated rings. The van der Waals surface area contributed by atoms with E-state index in [1.165, 1.54) is 69.8 Å². The molecule has 4 saturated carbocycles. The monoisotopic (exact) mass is 472 g/mol. The minimum absolute atomic E-state index is 0.0503. The lowest BCUT2D eigenvalue weighted by Gasteiger charge is -2.54. The minimum atomic E-state index is -1.22. The van der Waals surface area contributed by atoms with Crippen LogP contribution in [0.15, 0.2) is 24.3 Å². The van der Waals surface area contributed by atoms with Crippen molar-refractivity contribution in [3.05, 3.63) is 35.4 Å². The van der Waals surface area contributed by atoms with Crippen LogP contribution in [0.25, 0.3) is 0 Å². The topological polar surface area (TPSA) is 12.5 Å². The summed E-state index contributed by atoms with van der Waals surface area (Å²) in [5.41, 5.74) is 1.73. The van der Waals surface area contributed by atoms with E-state index in [2.05, 4.69) is 38.1 Å². The van der Waals surface area contributed by atoms with Gasteiger partial charge in [0.15, 0.2) is 5.60 Å². The molecule has 1 saturated heterocycles. The summed E-state index contributed by atoms with van der Waals surface area (Å²) < 4.78 is 36.9. The van der Waals surface area contributed by atoms with Crippen LogP contribution in [0.3, 0.4) is 0 Å². The number of unbranched alkanes of at least 4 members (excludes halogenated alkanes) is 3. The quantitative estimate of drug-likeness (QED) is 0.258. The zero-order valence-electron chi connectivity index (χ0n) is 21.8. The van der Waals surface area contributed by atoms with Gasteiger partial charge in [-0.05, 0) is 99.0 Å². The highest BCUT2D eigenvalue weighted by Gasteiger charge is 2.76. The van der Waals surface area contributed by atoms with Gasteiger partial charge in [0, 0.05) is 0 Å². The van der Waals surface area contributed by atoms with E-state index in [9.17, 15) is 0 Å². The van der Waals surface area contributed by atoms with E-state index in [4.69, 9.17) is 4.74 Å². The molecule has 1 nitrogen and oxygen atoms in total. The number of alkyl halides is 2. The van der Waals surface area contributed by atoms with E-state index < -0.39 is 23.5 Å². The van der Waals surface area contributed by atoms with Crippen molar-refractivity contribution in [3.8, 4) is 0 Å². The first-order valence-electron chi connectivity index (χ1n) is 14.4. The first kappa shape index (κ1) is 24.7. The lowest BCUT2D eigenvalue weighted by Crippen LogP contribution is -2.47. The maximum atomic E-state index is 15.5. The molecule has 4 aliphatic carbocycles. The summed E-state index contributed by atoms with van der Waals surface area (Å²) in [5.74, 6) is -0.0503. The van der Waals surface area contributed by atoms with Crippen molar-refractivity contribution in [2.24, 2.45) is 5.41 Å². The standard InChI is InChI=1S/C31H46F2O/c1-4-6-7-8-14-28(3)31(34-28)26(32)21-24(22-27(31)33)23-9-11-25(12-10-23)30-18-15-29(13-5-2,16-19-30)17-20-30/h9-12,24,26-27H,4-8,13-22H2,1-3H3. The van der Waals surface area contributed by atoms with E-state index in [1.54, 1.807) is 0 Å². The van der Waals surface area contributed by atoms with Crippen molar-refractivity contribution < 1.29 is 13.5 Å². The van der Waals surface area contributed by atoms with Crippen molar-refractivity contribution in [2.45, 2.75) is 152 Å². The Bertz CT molecular complexity index is 811. The summed E-state index contributed by atoms with van der Waals surface area (Å²) in [6.45, 7) is 6.45. The fourth-order valence-electron chi connectivity index (χ4n) is 8.40. The van der Waals surface area contributed by atoms with Crippen LogP contribution in [0.2, 0.25) is 0 Å². The molecule has 3 heteroatoms. The van der Waals surface area contributed by atoms with Gasteiger partial charge in [0.25, 0.3) is 0 Å². The summed E-state index contributed by atoms with van der Waals surface area (Å²) >= 11 is 0. The lowest BCUT2D eigenvalue weighted by atomic mass is 9.51. The van der Waals surface area contributed by atoms with Gasteiger partial charge < -0.3 is 4.74 Å². The van der Waals surface area contributed by atoms with Crippen LogP contribution in [0, 0.1) is 5.41 Å². The van der Waals surface area contributed by atoms with Gasteiger partial charge in [0.1, 0.15) is 17.9 Å². The van der Waals surface area contributed by atoms with Crippen LogP contribution in [-0.4, -0.2) is 23.5 Å². The first-order valence-corrected chi connectivity index (χ1v) is 14.4. The molecule has 3 unspecified atom stereocenters.